The van der Waals surface area contributed by atoms with E-state index in [1.54, 1.807) is 24.3 Å². The fraction of sp³-hybridized carbons (Fsp3) is 0.192. The van der Waals surface area contributed by atoms with Crippen molar-refractivity contribution >= 4 is 17.2 Å². The van der Waals surface area contributed by atoms with E-state index in [0.717, 1.165) is 12.1 Å². The molecule has 4 rings (SSSR count). The lowest BCUT2D eigenvalue weighted by Crippen LogP contribution is -2.22. The normalized spacial score (nSPS) is 14.6. The number of carboxylic acids is 1. The van der Waals surface area contributed by atoms with Crippen LogP contribution in [0.25, 0.3) is 5.57 Å². The fourth-order valence-corrected chi connectivity index (χ4v) is 3.92. The van der Waals surface area contributed by atoms with E-state index in [2.05, 4.69) is 67.7 Å². The molecule has 0 atom stereocenters. The number of hydrogen-bond acceptors (Lipinski definition) is 2. The van der Waals surface area contributed by atoms with Crippen LogP contribution in [0.2, 0.25) is 0 Å². The number of allylic oxidation sites excluding steroid dienone is 1. The first-order valence-corrected chi connectivity index (χ1v) is 9.91. The summed E-state index contributed by atoms with van der Waals surface area (Å²) in [5.74, 6) is -0.908. The van der Waals surface area contributed by atoms with Crippen molar-refractivity contribution in [1.29, 1.82) is 0 Å². The Morgan fingerprint density at radius 2 is 1.72 bits per heavy atom. The Labute approximate surface area is 171 Å². The minimum atomic E-state index is -0.908. The van der Waals surface area contributed by atoms with E-state index in [1.807, 2.05) is 6.07 Å². The summed E-state index contributed by atoms with van der Waals surface area (Å²) in [4.78, 5) is 11.0. The van der Waals surface area contributed by atoms with Crippen molar-refractivity contribution in [3.8, 4) is 0 Å². The number of fused-ring (bicyclic) bond motifs is 1. The van der Waals surface area contributed by atoms with E-state index in [-0.39, 0.29) is 5.41 Å². The number of anilines is 1. The van der Waals surface area contributed by atoms with E-state index in [1.165, 1.54) is 27.8 Å². The number of carboxylic acid groups (broad SMARTS) is 1. The molecule has 0 spiro atoms. The Morgan fingerprint density at radius 1 is 1.00 bits per heavy atom. The zero-order valence-electron chi connectivity index (χ0n) is 16.8. The number of hydrogen-bond donors (Lipinski definition) is 2. The molecule has 0 aromatic heterocycles. The first-order valence-electron chi connectivity index (χ1n) is 9.91. The van der Waals surface area contributed by atoms with Crippen LogP contribution < -0.4 is 5.32 Å². The van der Waals surface area contributed by atoms with Gasteiger partial charge in [0.25, 0.3) is 0 Å². The lowest BCUT2D eigenvalue weighted by atomic mass is 9.72. The van der Waals surface area contributed by atoms with Crippen molar-refractivity contribution in [3.05, 3.63) is 107 Å². The van der Waals surface area contributed by atoms with Gasteiger partial charge in [-0.15, -0.1) is 0 Å². The third-order valence-electron chi connectivity index (χ3n) is 5.63. The highest BCUT2D eigenvalue weighted by Crippen LogP contribution is 2.41. The minimum Gasteiger partial charge on any atom is -0.478 e. The standard InChI is InChI=1S/C26H25NO2/c1-26(2)15-14-22(19-6-4-3-5-7-19)23-16-18(8-13-24(23)26)17-27-21-11-9-20(10-12-21)25(28)29/h3-14,16,27H,15,17H2,1-2H3,(H,28,29). The molecule has 3 nitrogen and oxygen atoms in total. The number of rotatable bonds is 5. The van der Waals surface area contributed by atoms with Gasteiger partial charge in [-0.1, -0.05) is 62.4 Å². The molecule has 146 valence electrons. The number of carbonyl (C=O) groups is 1. The van der Waals surface area contributed by atoms with Crippen molar-refractivity contribution in [2.75, 3.05) is 5.32 Å². The van der Waals surface area contributed by atoms with Crippen LogP contribution in [0.3, 0.4) is 0 Å². The second-order valence-corrected chi connectivity index (χ2v) is 8.19. The third-order valence-corrected chi connectivity index (χ3v) is 5.63. The van der Waals surface area contributed by atoms with Gasteiger partial charge in [0.05, 0.1) is 5.56 Å². The number of aromatic carboxylic acids is 1. The summed E-state index contributed by atoms with van der Waals surface area (Å²) < 4.78 is 0. The fourth-order valence-electron chi connectivity index (χ4n) is 3.92. The Hall–Kier alpha value is -3.33. The zero-order chi connectivity index (χ0) is 20.4. The number of benzene rings is 3. The Balaban J connectivity index is 1.61. The molecule has 2 N–H and O–H groups in total. The average molecular weight is 383 g/mol. The van der Waals surface area contributed by atoms with Gasteiger partial charge in [0.1, 0.15) is 0 Å². The monoisotopic (exact) mass is 383 g/mol. The third kappa shape index (κ3) is 3.95. The molecule has 1 aliphatic rings. The quantitative estimate of drug-likeness (QED) is 0.559. The topological polar surface area (TPSA) is 49.3 Å². The number of nitrogens with one attached hydrogen (secondary N) is 1. The lowest BCUT2D eigenvalue weighted by Gasteiger charge is -2.32. The molecule has 3 aromatic carbocycles. The van der Waals surface area contributed by atoms with Crippen LogP contribution in [0.15, 0.2) is 78.9 Å². The smallest absolute Gasteiger partial charge is 0.335 e. The maximum atomic E-state index is 11.0. The van der Waals surface area contributed by atoms with Gasteiger partial charge >= 0.3 is 5.97 Å². The van der Waals surface area contributed by atoms with Gasteiger partial charge in [-0.25, -0.2) is 4.79 Å². The van der Waals surface area contributed by atoms with Gasteiger partial charge in [-0.3, -0.25) is 0 Å². The SMILES string of the molecule is CC1(C)CC=C(c2ccccc2)c2cc(CNc3ccc(C(=O)O)cc3)ccc21. The van der Waals surface area contributed by atoms with E-state index >= 15 is 0 Å². The molecule has 3 aromatic rings. The molecule has 0 radical (unpaired) electrons. The van der Waals surface area contributed by atoms with E-state index in [4.69, 9.17) is 5.11 Å². The predicted molar refractivity (Wildman–Crippen MR) is 118 cm³/mol. The van der Waals surface area contributed by atoms with E-state index in [9.17, 15) is 4.79 Å². The van der Waals surface area contributed by atoms with Crippen molar-refractivity contribution < 1.29 is 9.90 Å². The van der Waals surface area contributed by atoms with Crippen molar-refractivity contribution in [2.45, 2.75) is 32.2 Å². The summed E-state index contributed by atoms with van der Waals surface area (Å²) in [5, 5.41) is 12.4. The van der Waals surface area contributed by atoms with Crippen molar-refractivity contribution in [2.24, 2.45) is 0 Å². The molecule has 29 heavy (non-hydrogen) atoms. The maximum Gasteiger partial charge on any atom is 0.335 e. The highest BCUT2D eigenvalue weighted by atomic mass is 16.4. The van der Waals surface area contributed by atoms with Gasteiger partial charge < -0.3 is 10.4 Å². The molecule has 0 heterocycles. The first kappa shape index (κ1) is 19.0. The summed E-state index contributed by atoms with van der Waals surface area (Å²) in [7, 11) is 0. The zero-order valence-corrected chi connectivity index (χ0v) is 16.8. The summed E-state index contributed by atoms with van der Waals surface area (Å²) in [6.07, 6.45) is 3.39. The van der Waals surface area contributed by atoms with Gasteiger partial charge in [0, 0.05) is 12.2 Å². The molecule has 0 fully saturated rings. The molecule has 0 unspecified atom stereocenters. The maximum absolute atomic E-state index is 11.0. The van der Waals surface area contributed by atoms with Gasteiger partial charge in [0.2, 0.25) is 0 Å². The first-order chi connectivity index (χ1) is 13.9. The van der Waals surface area contributed by atoms with Crippen molar-refractivity contribution in [3.63, 3.8) is 0 Å². The molecule has 0 saturated heterocycles. The summed E-state index contributed by atoms with van der Waals surface area (Å²) in [6, 6.07) is 24.1. The van der Waals surface area contributed by atoms with Crippen LogP contribution in [-0.2, 0) is 12.0 Å². The van der Waals surface area contributed by atoms with Crippen molar-refractivity contribution in [1.82, 2.24) is 0 Å². The van der Waals surface area contributed by atoms with E-state index < -0.39 is 5.97 Å². The lowest BCUT2D eigenvalue weighted by molar-refractivity contribution is 0.0697. The summed E-state index contributed by atoms with van der Waals surface area (Å²) in [5.41, 5.74) is 7.75. The van der Waals surface area contributed by atoms with Crippen LogP contribution in [-0.4, -0.2) is 11.1 Å². The predicted octanol–water partition coefficient (Wildman–Crippen LogP) is 6.11. The molecule has 0 bridgehead atoms. The van der Waals surface area contributed by atoms with Crippen LogP contribution >= 0.6 is 0 Å². The molecular formula is C26H25NO2. The molecular weight excluding hydrogens is 358 g/mol. The second-order valence-electron chi connectivity index (χ2n) is 8.19. The Bertz CT molecular complexity index is 1060. The second kappa shape index (κ2) is 7.59. The molecule has 3 heteroatoms. The minimum absolute atomic E-state index is 0.117. The molecule has 0 saturated carbocycles. The summed E-state index contributed by atoms with van der Waals surface area (Å²) in [6.45, 7) is 5.28. The van der Waals surface area contributed by atoms with Crippen LogP contribution in [0.4, 0.5) is 5.69 Å². The van der Waals surface area contributed by atoms with Gasteiger partial charge in [-0.2, -0.15) is 0 Å². The van der Waals surface area contributed by atoms with Crippen LogP contribution in [0.5, 0.6) is 0 Å². The Morgan fingerprint density at radius 3 is 2.41 bits per heavy atom. The molecule has 0 amide bonds. The largest absolute Gasteiger partial charge is 0.478 e. The Kier molecular flexibility index (Phi) is 4.98. The van der Waals surface area contributed by atoms with Gasteiger partial charge in [-0.05, 0) is 70.0 Å². The summed E-state index contributed by atoms with van der Waals surface area (Å²) >= 11 is 0. The van der Waals surface area contributed by atoms with E-state index in [0.29, 0.717) is 12.1 Å². The highest BCUT2D eigenvalue weighted by molar-refractivity contribution is 5.88. The highest BCUT2D eigenvalue weighted by Gasteiger charge is 2.28. The van der Waals surface area contributed by atoms with Gasteiger partial charge in [0.15, 0.2) is 0 Å². The van der Waals surface area contributed by atoms with Crippen LogP contribution in [0, 0.1) is 0 Å². The average Bonchev–Trinajstić information content (AvgIpc) is 2.73. The molecule has 0 aliphatic heterocycles. The van der Waals surface area contributed by atoms with Crippen LogP contribution in [0.1, 0.15) is 52.9 Å². The molecule has 1 aliphatic carbocycles.